The third-order valence-corrected chi connectivity index (χ3v) is 2.83. The van der Waals surface area contributed by atoms with Crippen molar-refractivity contribution in [1.82, 2.24) is 0 Å². The van der Waals surface area contributed by atoms with Crippen molar-refractivity contribution < 1.29 is 0 Å². The van der Waals surface area contributed by atoms with Gasteiger partial charge in [-0.2, -0.15) is 0 Å². The molecule has 0 heterocycles. The molecule has 0 aromatic carbocycles. The molecule has 0 radical (unpaired) electrons. The van der Waals surface area contributed by atoms with Crippen LogP contribution in [-0.2, 0) is 0 Å². The Morgan fingerprint density at radius 1 is 1.14 bits per heavy atom. The molecule has 2 N–H and O–H groups in total. The van der Waals surface area contributed by atoms with Crippen LogP contribution in [0.1, 0.15) is 59.3 Å². The van der Waals surface area contributed by atoms with Gasteiger partial charge in [-0.3, -0.25) is 0 Å². The summed E-state index contributed by atoms with van der Waals surface area (Å²) >= 11 is 0. The van der Waals surface area contributed by atoms with Gasteiger partial charge in [0, 0.05) is 6.04 Å². The summed E-state index contributed by atoms with van der Waals surface area (Å²) in [6, 6.07) is 0.256. The van der Waals surface area contributed by atoms with Crippen molar-refractivity contribution in [2.24, 2.45) is 11.7 Å². The lowest BCUT2D eigenvalue weighted by Crippen LogP contribution is -2.25. The highest BCUT2D eigenvalue weighted by atomic mass is 14.6. The number of hydrogen-bond donors (Lipinski definition) is 1. The predicted octanol–water partition coefficient (Wildman–Crippen LogP) is 3.89. The fraction of sp³-hybridized carbons (Fsp3) is 0.846. The van der Waals surface area contributed by atoms with Gasteiger partial charge in [0.25, 0.3) is 0 Å². The molecular formula is C13H27N. The van der Waals surface area contributed by atoms with Crippen LogP contribution in [0, 0.1) is 5.92 Å². The Kier molecular flexibility index (Phi) is 9.06. The van der Waals surface area contributed by atoms with Crippen LogP contribution in [0.3, 0.4) is 0 Å². The lowest BCUT2D eigenvalue weighted by Gasteiger charge is -2.16. The minimum Gasteiger partial charge on any atom is -0.324 e. The van der Waals surface area contributed by atoms with Crippen molar-refractivity contribution in [3.05, 3.63) is 12.2 Å². The minimum absolute atomic E-state index is 0.256. The van der Waals surface area contributed by atoms with Crippen LogP contribution < -0.4 is 5.73 Å². The summed E-state index contributed by atoms with van der Waals surface area (Å²) in [6.07, 6.45) is 12.3. The van der Waals surface area contributed by atoms with E-state index in [2.05, 4.69) is 26.0 Å². The normalized spacial score (nSPS) is 16.0. The Morgan fingerprint density at radius 3 is 2.36 bits per heavy atom. The molecule has 0 rings (SSSR count). The monoisotopic (exact) mass is 197 g/mol. The molecule has 0 aliphatic heterocycles. The summed E-state index contributed by atoms with van der Waals surface area (Å²) < 4.78 is 0. The van der Waals surface area contributed by atoms with Crippen LogP contribution in [0.2, 0.25) is 0 Å². The molecule has 84 valence electrons. The van der Waals surface area contributed by atoms with Gasteiger partial charge in [-0.05, 0) is 19.3 Å². The predicted molar refractivity (Wildman–Crippen MR) is 65.3 cm³/mol. The van der Waals surface area contributed by atoms with Gasteiger partial charge in [0.2, 0.25) is 0 Å². The molecule has 0 aliphatic carbocycles. The summed E-state index contributed by atoms with van der Waals surface area (Å²) in [5, 5.41) is 0. The van der Waals surface area contributed by atoms with E-state index in [9.17, 15) is 0 Å². The van der Waals surface area contributed by atoms with E-state index in [0.29, 0.717) is 5.92 Å². The number of allylic oxidation sites excluding steroid dienone is 1. The molecular weight excluding hydrogens is 170 g/mol. The molecule has 0 bridgehead atoms. The second-order valence-electron chi connectivity index (χ2n) is 4.28. The fourth-order valence-corrected chi connectivity index (χ4v) is 1.67. The molecule has 1 nitrogen and oxygen atoms in total. The summed E-state index contributed by atoms with van der Waals surface area (Å²) in [6.45, 7) is 6.54. The van der Waals surface area contributed by atoms with E-state index in [1.54, 1.807) is 0 Å². The quantitative estimate of drug-likeness (QED) is 0.464. The second-order valence-corrected chi connectivity index (χ2v) is 4.28. The number of hydrogen-bond acceptors (Lipinski definition) is 1. The van der Waals surface area contributed by atoms with Crippen LogP contribution in [0.4, 0.5) is 0 Å². The Balaban J connectivity index is 3.38. The molecule has 0 spiro atoms. The first-order valence-electron chi connectivity index (χ1n) is 6.10. The van der Waals surface area contributed by atoms with Gasteiger partial charge in [-0.15, -0.1) is 0 Å². The third kappa shape index (κ3) is 7.14. The molecule has 0 saturated carbocycles. The van der Waals surface area contributed by atoms with E-state index in [0.717, 1.165) is 0 Å². The van der Waals surface area contributed by atoms with Crippen molar-refractivity contribution in [2.75, 3.05) is 0 Å². The highest BCUT2D eigenvalue weighted by Gasteiger charge is 2.08. The Bertz CT molecular complexity index is 140. The summed E-state index contributed by atoms with van der Waals surface area (Å²) in [7, 11) is 0. The van der Waals surface area contributed by atoms with E-state index in [4.69, 9.17) is 5.73 Å². The SMILES string of the molecule is C/C=C\C(N)C(C)CCCCCCC. The van der Waals surface area contributed by atoms with Crippen LogP contribution in [-0.4, -0.2) is 6.04 Å². The average molecular weight is 197 g/mol. The molecule has 2 atom stereocenters. The molecule has 2 unspecified atom stereocenters. The van der Waals surface area contributed by atoms with Gasteiger partial charge in [-0.25, -0.2) is 0 Å². The zero-order chi connectivity index (χ0) is 10.8. The zero-order valence-electron chi connectivity index (χ0n) is 10.1. The van der Waals surface area contributed by atoms with E-state index in [1.807, 2.05) is 6.92 Å². The summed E-state index contributed by atoms with van der Waals surface area (Å²) in [5.41, 5.74) is 5.98. The number of nitrogens with two attached hydrogens (primary N) is 1. The Labute approximate surface area is 89.8 Å². The topological polar surface area (TPSA) is 26.0 Å². The zero-order valence-corrected chi connectivity index (χ0v) is 10.1. The first-order valence-corrected chi connectivity index (χ1v) is 6.10. The smallest absolute Gasteiger partial charge is 0.0249 e. The molecule has 14 heavy (non-hydrogen) atoms. The standard InChI is InChI=1S/C13H27N/c1-4-6-7-8-9-11-12(3)13(14)10-5-2/h5,10,12-13H,4,6-9,11,14H2,1-3H3/b10-5-. The Morgan fingerprint density at radius 2 is 1.79 bits per heavy atom. The fourth-order valence-electron chi connectivity index (χ4n) is 1.67. The van der Waals surface area contributed by atoms with Gasteiger partial charge in [0.1, 0.15) is 0 Å². The van der Waals surface area contributed by atoms with Crippen LogP contribution in [0.25, 0.3) is 0 Å². The van der Waals surface area contributed by atoms with Crippen molar-refractivity contribution in [1.29, 1.82) is 0 Å². The number of unbranched alkanes of at least 4 members (excludes halogenated alkanes) is 4. The second kappa shape index (κ2) is 9.26. The first kappa shape index (κ1) is 13.7. The van der Waals surface area contributed by atoms with E-state index < -0.39 is 0 Å². The highest BCUT2D eigenvalue weighted by molar-refractivity contribution is 4.91. The van der Waals surface area contributed by atoms with Gasteiger partial charge in [0.05, 0.1) is 0 Å². The maximum absolute atomic E-state index is 5.98. The van der Waals surface area contributed by atoms with Gasteiger partial charge in [-0.1, -0.05) is 58.1 Å². The van der Waals surface area contributed by atoms with E-state index >= 15 is 0 Å². The molecule has 0 aromatic heterocycles. The van der Waals surface area contributed by atoms with Crippen molar-refractivity contribution in [3.8, 4) is 0 Å². The maximum atomic E-state index is 5.98. The highest BCUT2D eigenvalue weighted by Crippen LogP contribution is 2.14. The lowest BCUT2D eigenvalue weighted by atomic mass is 9.95. The lowest BCUT2D eigenvalue weighted by molar-refractivity contribution is 0.448. The molecule has 0 amide bonds. The molecule has 0 aromatic rings. The first-order chi connectivity index (χ1) is 6.72. The van der Waals surface area contributed by atoms with Crippen molar-refractivity contribution >= 4 is 0 Å². The number of rotatable bonds is 8. The van der Waals surface area contributed by atoms with E-state index in [-0.39, 0.29) is 6.04 Å². The Hall–Kier alpha value is -0.300. The summed E-state index contributed by atoms with van der Waals surface area (Å²) in [4.78, 5) is 0. The molecule has 0 saturated heterocycles. The largest absolute Gasteiger partial charge is 0.324 e. The van der Waals surface area contributed by atoms with Crippen LogP contribution in [0.15, 0.2) is 12.2 Å². The van der Waals surface area contributed by atoms with Crippen molar-refractivity contribution in [3.63, 3.8) is 0 Å². The van der Waals surface area contributed by atoms with Crippen LogP contribution in [0.5, 0.6) is 0 Å². The molecule has 1 heteroatoms. The minimum atomic E-state index is 0.256. The van der Waals surface area contributed by atoms with E-state index in [1.165, 1.54) is 38.5 Å². The van der Waals surface area contributed by atoms with Gasteiger partial charge >= 0.3 is 0 Å². The average Bonchev–Trinajstić information content (AvgIpc) is 2.17. The van der Waals surface area contributed by atoms with Gasteiger partial charge in [0.15, 0.2) is 0 Å². The van der Waals surface area contributed by atoms with Crippen molar-refractivity contribution in [2.45, 2.75) is 65.3 Å². The van der Waals surface area contributed by atoms with Gasteiger partial charge < -0.3 is 5.73 Å². The summed E-state index contributed by atoms with van der Waals surface area (Å²) in [5.74, 6) is 0.632. The molecule has 0 fully saturated rings. The third-order valence-electron chi connectivity index (χ3n) is 2.83. The van der Waals surface area contributed by atoms with Crippen LogP contribution >= 0.6 is 0 Å². The maximum Gasteiger partial charge on any atom is 0.0249 e. The molecule has 0 aliphatic rings.